The Labute approximate surface area is 197 Å². The number of hydrogen-bond donors (Lipinski definition) is 2. The Balaban J connectivity index is 1.56. The first-order valence-electron chi connectivity index (χ1n) is 10.4. The number of carbonyl (C=O) groups is 2. The van der Waals surface area contributed by atoms with Gasteiger partial charge in [0, 0.05) is 29.9 Å². The van der Waals surface area contributed by atoms with E-state index in [1.165, 1.54) is 22.5 Å². The maximum Gasteiger partial charge on any atom is 0.265 e. The lowest BCUT2D eigenvalue weighted by molar-refractivity contribution is -0.115. The van der Waals surface area contributed by atoms with Crippen LogP contribution < -0.4 is 14.9 Å². The summed E-state index contributed by atoms with van der Waals surface area (Å²) in [6.07, 6.45) is 0.977. The topological polar surface area (TPSA) is 95.6 Å². The molecule has 0 saturated heterocycles. The zero-order valence-corrected chi connectivity index (χ0v) is 19.4. The molecule has 33 heavy (non-hydrogen) atoms. The highest BCUT2D eigenvalue weighted by Crippen LogP contribution is 2.35. The predicted octanol–water partition coefficient (Wildman–Crippen LogP) is 4.69. The molecule has 4 rings (SSSR count). The summed E-state index contributed by atoms with van der Waals surface area (Å²) in [6.45, 7) is 2.07. The van der Waals surface area contributed by atoms with Crippen LogP contribution in [0.1, 0.15) is 29.3 Å². The average molecular weight is 484 g/mol. The number of para-hydroxylation sites is 1. The molecule has 2 amide bonds. The molecule has 9 heteroatoms. The van der Waals surface area contributed by atoms with Gasteiger partial charge in [-0.05, 0) is 60.5 Å². The van der Waals surface area contributed by atoms with Crippen molar-refractivity contribution in [2.75, 3.05) is 21.5 Å². The Kier molecular flexibility index (Phi) is 6.40. The van der Waals surface area contributed by atoms with E-state index in [2.05, 4.69) is 10.6 Å². The van der Waals surface area contributed by atoms with E-state index in [9.17, 15) is 18.0 Å². The van der Waals surface area contributed by atoms with Crippen LogP contribution in [-0.4, -0.2) is 26.8 Å². The Bertz CT molecular complexity index is 1320. The van der Waals surface area contributed by atoms with E-state index in [0.717, 1.165) is 5.56 Å². The SMILES string of the molecule is CCC(=O)Nc1ccc(NC(=O)c2ccc(Cl)c(S(=O)(=O)N3CCc4ccccc43)c2)cc1. The molecule has 1 heterocycles. The highest BCUT2D eigenvalue weighted by Gasteiger charge is 2.32. The fourth-order valence-electron chi connectivity index (χ4n) is 3.61. The lowest BCUT2D eigenvalue weighted by Crippen LogP contribution is -2.29. The first-order chi connectivity index (χ1) is 15.8. The van der Waals surface area contributed by atoms with Gasteiger partial charge in [0.25, 0.3) is 15.9 Å². The molecule has 7 nitrogen and oxygen atoms in total. The third-order valence-corrected chi connectivity index (χ3v) is 7.65. The van der Waals surface area contributed by atoms with Gasteiger partial charge in [-0.25, -0.2) is 8.42 Å². The molecule has 0 atom stereocenters. The van der Waals surface area contributed by atoms with Crippen LogP contribution in [0.25, 0.3) is 0 Å². The van der Waals surface area contributed by atoms with E-state index in [1.54, 1.807) is 43.3 Å². The summed E-state index contributed by atoms with van der Waals surface area (Å²) in [5, 5.41) is 5.51. The molecule has 0 radical (unpaired) electrons. The van der Waals surface area contributed by atoms with E-state index in [1.807, 2.05) is 12.1 Å². The zero-order valence-electron chi connectivity index (χ0n) is 17.8. The third kappa shape index (κ3) is 4.72. The first kappa shape index (κ1) is 22.8. The molecule has 0 fully saturated rings. The number of sulfonamides is 1. The van der Waals surface area contributed by atoms with Gasteiger partial charge in [0.2, 0.25) is 5.91 Å². The lowest BCUT2D eigenvalue weighted by Gasteiger charge is -2.20. The molecule has 170 valence electrons. The van der Waals surface area contributed by atoms with Gasteiger partial charge in [0.15, 0.2) is 0 Å². The summed E-state index contributed by atoms with van der Waals surface area (Å²) < 4.78 is 28.1. The van der Waals surface area contributed by atoms with Crippen LogP contribution in [0.4, 0.5) is 17.1 Å². The highest BCUT2D eigenvalue weighted by molar-refractivity contribution is 7.93. The number of fused-ring (bicyclic) bond motifs is 1. The normalized spacial score (nSPS) is 12.8. The van der Waals surface area contributed by atoms with Crippen LogP contribution >= 0.6 is 11.6 Å². The van der Waals surface area contributed by atoms with Gasteiger partial charge in [-0.1, -0.05) is 36.7 Å². The highest BCUT2D eigenvalue weighted by atomic mass is 35.5. The number of nitrogens with zero attached hydrogens (tertiary/aromatic N) is 1. The second-order valence-corrected chi connectivity index (χ2v) is 9.77. The van der Waals surface area contributed by atoms with Gasteiger partial charge < -0.3 is 10.6 Å². The number of benzene rings is 3. The van der Waals surface area contributed by atoms with Gasteiger partial charge in [-0.3, -0.25) is 13.9 Å². The standard InChI is InChI=1S/C24H22ClN3O4S/c1-2-23(29)26-18-8-10-19(11-9-18)27-24(30)17-7-12-20(25)22(15-17)33(31,32)28-14-13-16-5-3-4-6-21(16)28/h3-12,15H,2,13-14H2,1H3,(H,26,29)(H,27,30). The van der Waals surface area contributed by atoms with E-state index in [-0.39, 0.29) is 21.4 Å². The summed E-state index contributed by atoms with van der Waals surface area (Å²) in [7, 11) is -3.95. The van der Waals surface area contributed by atoms with Crippen molar-refractivity contribution in [3.05, 3.63) is 82.9 Å². The molecule has 2 N–H and O–H groups in total. The van der Waals surface area contributed by atoms with E-state index < -0.39 is 15.9 Å². The molecular formula is C24H22ClN3O4S. The maximum absolute atomic E-state index is 13.4. The fourth-order valence-corrected chi connectivity index (χ4v) is 5.61. The van der Waals surface area contributed by atoms with E-state index in [4.69, 9.17) is 11.6 Å². The Hall–Kier alpha value is -3.36. The molecule has 0 bridgehead atoms. The molecule has 1 aliphatic rings. The molecule has 3 aromatic carbocycles. The second-order valence-electron chi connectivity index (χ2n) is 7.53. The van der Waals surface area contributed by atoms with Crippen molar-refractivity contribution in [2.24, 2.45) is 0 Å². The number of carbonyl (C=O) groups excluding carboxylic acids is 2. The minimum absolute atomic E-state index is 0.0481. The van der Waals surface area contributed by atoms with E-state index in [0.29, 0.717) is 36.4 Å². The van der Waals surface area contributed by atoms with Crippen LogP contribution in [0.3, 0.4) is 0 Å². The summed E-state index contributed by atoms with van der Waals surface area (Å²) in [5.74, 6) is -0.586. The van der Waals surface area contributed by atoms with Gasteiger partial charge >= 0.3 is 0 Å². The van der Waals surface area contributed by atoms with Crippen LogP contribution in [0.5, 0.6) is 0 Å². The summed E-state index contributed by atoms with van der Waals surface area (Å²) in [4.78, 5) is 24.2. The third-order valence-electron chi connectivity index (χ3n) is 5.35. The van der Waals surface area contributed by atoms with Crippen molar-refractivity contribution >= 4 is 50.5 Å². The van der Waals surface area contributed by atoms with Crippen molar-refractivity contribution in [3.63, 3.8) is 0 Å². The van der Waals surface area contributed by atoms with Gasteiger partial charge in [0.05, 0.1) is 10.7 Å². The molecule has 0 unspecified atom stereocenters. The molecule has 0 saturated carbocycles. The maximum atomic E-state index is 13.4. The minimum Gasteiger partial charge on any atom is -0.326 e. The number of amides is 2. The minimum atomic E-state index is -3.95. The fraction of sp³-hybridized carbons (Fsp3) is 0.167. The van der Waals surface area contributed by atoms with Crippen molar-refractivity contribution in [2.45, 2.75) is 24.7 Å². The Morgan fingerprint density at radius 2 is 1.64 bits per heavy atom. The monoisotopic (exact) mass is 483 g/mol. The summed E-state index contributed by atoms with van der Waals surface area (Å²) in [5.41, 5.74) is 2.85. The van der Waals surface area contributed by atoms with Crippen LogP contribution in [-0.2, 0) is 21.2 Å². The Morgan fingerprint density at radius 1 is 0.970 bits per heavy atom. The van der Waals surface area contributed by atoms with Crippen LogP contribution in [0, 0.1) is 0 Å². The second kappa shape index (κ2) is 9.25. The zero-order chi connectivity index (χ0) is 23.6. The number of nitrogens with one attached hydrogen (secondary N) is 2. The van der Waals surface area contributed by atoms with Gasteiger partial charge in [-0.2, -0.15) is 0 Å². The number of hydrogen-bond acceptors (Lipinski definition) is 4. The Morgan fingerprint density at radius 3 is 2.33 bits per heavy atom. The molecule has 0 aromatic heterocycles. The average Bonchev–Trinajstić information content (AvgIpc) is 3.25. The first-order valence-corrected chi connectivity index (χ1v) is 12.2. The molecular weight excluding hydrogens is 462 g/mol. The van der Waals surface area contributed by atoms with Gasteiger partial charge in [0.1, 0.15) is 4.90 Å². The predicted molar refractivity (Wildman–Crippen MR) is 129 cm³/mol. The number of anilines is 3. The van der Waals surface area contributed by atoms with Crippen LogP contribution in [0.2, 0.25) is 5.02 Å². The quantitative estimate of drug-likeness (QED) is 0.531. The molecule has 1 aliphatic heterocycles. The van der Waals surface area contributed by atoms with Crippen molar-refractivity contribution in [3.8, 4) is 0 Å². The van der Waals surface area contributed by atoms with Crippen molar-refractivity contribution < 1.29 is 18.0 Å². The number of rotatable bonds is 6. The van der Waals surface area contributed by atoms with Crippen molar-refractivity contribution in [1.82, 2.24) is 0 Å². The van der Waals surface area contributed by atoms with E-state index >= 15 is 0 Å². The molecule has 0 spiro atoms. The molecule has 3 aromatic rings. The van der Waals surface area contributed by atoms with Gasteiger partial charge in [-0.15, -0.1) is 0 Å². The number of halogens is 1. The van der Waals surface area contributed by atoms with Crippen molar-refractivity contribution in [1.29, 1.82) is 0 Å². The lowest BCUT2D eigenvalue weighted by atomic mass is 10.2. The smallest absolute Gasteiger partial charge is 0.265 e. The largest absolute Gasteiger partial charge is 0.326 e. The van der Waals surface area contributed by atoms with Crippen LogP contribution in [0.15, 0.2) is 71.6 Å². The summed E-state index contributed by atoms with van der Waals surface area (Å²) in [6, 6.07) is 18.1. The summed E-state index contributed by atoms with van der Waals surface area (Å²) >= 11 is 6.25. The molecule has 0 aliphatic carbocycles.